The molecule has 3 rings (SSSR count). The zero-order chi connectivity index (χ0) is 14.8. The van der Waals surface area contributed by atoms with Crippen LogP contribution in [0.4, 0.5) is 5.69 Å². The van der Waals surface area contributed by atoms with Crippen LogP contribution in [0.2, 0.25) is 0 Å². The highest BCUT2D eigenvalue weighted by Gasteiger charge is 2.21. The zero-order valence-electron chi connectivity index (χ0n) is 12.1. The number of amides is 1. The minimum absolute atomic E-state index is 0.0813. The highest BCUT2D eigenvalue weighted by atomic mass is 35.5. The number of rotatable bonds is 3. The number of hydrogen-bond donors (Lipinski definition) is 1. The van der Waals surface area contributed by atoms with Gasteiger partial charge in [0.1, 0.15) is 5.75 Å². The third-order valence-corrected chi connectivity index (χ3v) is 4.40. The standard InChI is InChI=1S/C15H20ClN3O2/c1-18-4-6-19(7-5-18)9-12(16)11-2-3-14-13(8-11)17-15(20)10-21-14/h2-3,8,12H,4-7,9-10H2,1H3,(H,17,20). The molecule has 2 heterocycles. The second-order valence-electron chi connectivity index (χ2n) is 5.66. The van der Waals surface area contributed by atoms with Crippen LogP contribution in [0.5, 0.6) is 5.75 Å². The number of likely N-dealkylation sites (N-methyl/N-ethyl adjacent to an activating group) is 1. The molecule has 21 heavy (non-hydrogen) atoms. The Hall–Kier alpha value is -1.30. The molecule has 1 saturated heterocycles. The van der Waals surface area contributed by atoms with Gasteiger partial charge in [0.15, 0.2) is 6.61 Å². The number of ether oxygens (including phenoxy) is 1. The van der Waals surface area contributed by atoms with E-state index in [0.717, 1.165) is 38.3 Å². The van der Waals surface area contributed by atoms with E-state index in [9.17, 15) is 4.79 Å². The molecule has 0 radical (unpaired) electrons. The maximum atomic E-state index is 11.4. The van der Waals surface area contributed by atoms with Gasteiger partial charge in [-0.1, -0.05) is 6.07 Å². The summed E-state index contributed by atoms with van der Waals surface area (Å²) in [6.07, 6.45) is 0. The number of nitrogens with zero attached hydrogens (tertiary/aromatic N) is 2. The summed E-state index contributed by atoms with van der Waals surface area (Å²) in [6, 6.07) is 5.77. The lowest BCUT2D eigenvalue weighted by Crippen LogP contribution is -2.45. The van der Waals surface area contributed by atoms with Gasteiger partial charge in [-0.15, -0.1) is 11.6 Å². The molecule has 0 aliphatic carbocycles. The number of carbonyl (C=O) groups is 1. The van der Waals surface area contributed by atoms with Crippen LogP contribution in [0.3, 0.4) is 0 Å². The molecule has 0 aromatic heterocycles. The molecule has 0 spiro atoms. The smallest absolute Gasteiger partial charge is 0.262 e. The summed E-state index contributed by atoms with van der Waals surface area (Å²) in [6.45, 7) is 5.16. The van der Waals surface area contributed by atoms with E-state index < -0.39 is 0 Å². The number of nitrogens with one attached hydrogen (secondary N) is 1. The summed E-state index contributed by atoms with van der Waals surface area (Å²) >= 11 is 6.55. The van der Waals surface area contributed by atoms with Crippen LogP contribution in [0.25, 0.3) is 0 Å². The summed E-state index contributed by atoms with van der Waals surface area (Å²) in [5, 5.41) is 2.74. The maximum Gasteiger partial charge on any atom is 0.262 e. The van der Waals surface area contributed by atoms with Crippen molar-refractivity contribution in [3.8, 4) is 5.75 Å². The molecule has 1 unspecified atom stereocenters. The molecule has 1 fully saturated rings. The maximum absolute atomic E-state index is 11.4. The second-order valence-corrected chi connectivity index (χ2v) is 6.19. The molecule has 1 atom stereocenters. The van der Waals surface area contributed by atoms with Crippen LogP contribution in [0, 0.1) is 0 Å². The van der Waals surface area contributed by atoms with Crippen LogP contribution < -0.4 is 10.1 Å². The molecular formula is C15H20ClN3O2. The van der Waals surface area contributed by atoms with Crippen LogP contribution >= 0.6 is 11.6 Å². The fourth-order valence-electron chi connectivity index (χ4n) is 2.66. The van der Waals surface area contributed by atoms with E-state index in [1.54, 1.807) is 0 Å². The van der Waals surface area contributed by atoms with E-state index in [0.29, 0.717) is 11.4 Å². The molecule has 5 nitrogen and oxygen atoms in total. The van der Waals surface area contributed by atoms with E-state index in [2.05, 4.69) is 22.2 Å². The zero-order valence-corrected chi connectivity index (χ0v) is 12.9. The normalized spacial score (nSPS) is 21.3. The number of anilines is 1. The van der Waals surface area contributed by atoms with Gasteiger partial charge in [0.25, 0.3) is 5.91 Å². The Labute approximate surface area is 129 Å². The highest BCUT2D eigenvalue weighted by Crippen LogP contribution is 2.32. The van der Waals surface area contributed by atoms with Gasteiger partial charge in [0.05, 0.1) is 11.1 Å². The molecule has 0 saturated carbocycles. The molecule has 114 valence electrons. The van der Waals surface area contributed by atoms with E-state index in [-0.39, 0.29) is 17.9 Å². The average molecular weight is 310 g/mol. The third kappa shape index (κ3) is 3.48. The number of fused-ring (bicyclic) bond motifs is 1. The number of alkyl halides is 1. The van der Waals surface area contributed by atoms with Crippen molar-refractivity contribution in [2.24, 2.45) is 0 Å². The summed E-state index contributed by atoms with van der Waals surface area (Å²) in [4.78, 5) is 16.1. The minimum Gasteiger partial charge on any atom is -0.482 e. The Morgan fingerprint density at radius 3 is 2.86 bits per heavy atom. The van der Waals surface area contributed by atoms with Gasteiger partial charge in [-0.3, -0.25) is 9.69 Å². The summed E-state index contributed by atoms with van der Waals surface area (Å²) in [5.41, 5.74) is 1.73. The molecule has 1 aromatic carbocycles. The van der Waals surface area contributed by atoms with E-state index in [1.807, 2.05) is 18.2 Å². The van der Waals surface area contributed by atoms with Gasteiger partial charge < -0.3 is 15.0 Å². The second kappa shape index (κ2) is 6.22. The summed E-state index contributed by atoms with van der Waals surface area (Å²) in [5.74, 6) is 0.589. The molecule has 6 heteroatoms. The van der Waals surface area contributed by atoms with E-state index in [4.69, 9.17) is 16.3 Å². The van der Waals surface area contributed by atoms with Gasteiger partial charge in [-0.25, -0.2) is 0 Å². The number of carbonyl (C=O) groups excluding carboxylic acids is 1. The van der Waals surface area contributed by atoms with Crippen LogP contribution in [0.15, 0.2) is 18.2 Å². The molecular weight excluding hydrogens is 290 g/mol. The lowest BCUT2D eigenvalue weighted by atomic mass is 10.1. The van der Waals surface area contributed by atoms with Gasteiger partial charge in [-0.05, 0) is 24.7 Å². The first-order valence-corrected chi connectivity index (χ1v) is 7.67. The quantitative estimate of drug-likeness (QED) is 0.861. The molecule has 2 aliphatic rings. The highest BCUT2D eigenvalue weighted by molar-refractivity contribution is 6.21. The number of halogens is 1. The Balaban J connectivity index is 1.66. The molecule has 1 amide bonds. The van der Waals surface area contributed by atoms with Crippen molar-refractivity contribution < 1.29 is 9.53 Å². The van der Waals surface area contributed by atoms with Crippen molar-refractivity contribution in [3.63, 3.8) is 0 Å². The molecule has 1 N–H and O–H groups in total. The third-order valence-electron chi connectivity index (χ3n) is 4.01. The predicted octanol–water partition coefficient (Wildman–Crippen LogP) is 1.54. The Morgan fingerprint density at radius 1 is 1.33 bits per heavy atom. The minimum atomic E-state index is -0.121. The van der Waals surface area contributed by atoms with Gasteiger partial charge in [-0.2, -0.15) is 0 Å². The number of benzene rings is 1. The number of piperazine rings is 1. The van der Waals surface area contributed by atoms with Crippen molar-refractivity contribution in [2.75, 3.05) is 51.7 Å². The first-order chi connectivity index (χ1) is 10.1. The molecule has 0 bridgehead atoms. The first-order valence-electron chi connectivity index (χ1n) is 7.23. The Kier molecular flexibility index (Phi) is 4.33. The van der Waals surface area contributed by atoms with Gasteiger partial charge in [0, 0.05) is 32.7 Å². The summed E-state index contributed by atoms with van der Waals surface area (Å²) < 4.78 is 5.36. The molecule has 2 aliphatic heterocycles. The van der Waals surface area contributed by atoms with Crippen LogP contribution in [-0.2, 0) is 4.79 Å². The lowest BCUT2D eigenvalue weighted by Gasteiger charge is -2.33. The predicted molar refractivity (Wildman–Crippen MR) is 83.1 cm³/mol. The van der Waals surface area contributed by atoms with Gasteiger partial charge >= 0.3 is 0 Å². The Morgan fingerprint density at radius 2 is 2.10 bits per heavy atom. The monoisotopic (exact) mass is 309 g/mol. The van der Waals surface area contributed by atoms with E-state index in [1.165, 1.54) is 0 Å². The van der Waals surface area contributed by atoms with Crippen molar-refractivity contribution >= 4 is 23.2 Å². The van der Waals surface area contributed by atoms with E-state index >= 15 is 0 Å². The van der Waals surface area contributed by atoms with Gasteiger partial charge in [0.2, 0.25) is 0 Å². The fourth-order valence-corrected chi connectivity index (χ4v) is 2.99. The van der Waals surface area contributed by atoms with Crippen molar-refractivity contribution in [1.29, 1.82) is 0 Å². The first kappa shape index (κ1) is 14.6. The number of hydrogen-bond acceptors (Lipinski definition) is 4. The SMILES string of the molecule is CN1CCN(CC(Cl)c2ccc3c(c2)NC(=O)CO3)CC1. The average Bonchev–Trinajstić information content (AvgIpc) is 2.48. The van der Waals surface area contributed by atoms with Crippen molar-refractivity contribution in [1.82, 2.24) is 9.80 Å². The fraction of sp³-hybridized carbons (Fsp3) is 0.533. The van der Waals surface area contributed by atoms with Crippen molar-refractivity contribution in [2.45, 2.75) is 5.38 Å². The van der Waals surface area contributed by atoms with Crippen LogP contribution in [-0.4, -0.2) is 62.1 Å². The van der Waals surface area contributed by atoms with Crippen LogP contribution in [0.1, 0.15) is 10.9 Å². The summed E-state index contributed by atoms with van der Waals surface area (Å²) in [7, 11) is 2.14. The largest absolute Gasteiger partial charge is 0.482 e. The topological polar surface area (TPSA) is 44.8 Å². The Bertz CT molecular complexity index is 530. The van der Waals surface area contributed by atoms with Crippen molar-refractivity contribution in [3.05, 3.63) is 23.8 Å². The molecule has 1 aromatic rings. The lowest BCUT2D eigenvalue weighted by molar-refractivity contribution is -0.118.